The molecule has 0 radical (unpaired) electrons. The number of fused-ring (bicyclic) bond motifs is 1. The van der Waals surface area contributed by atoms with Crippen LogP contribution in [0.1, 0.15) is 37.3 Å². The number of benzene rings is 1. The van der Waals surface area contributed by atoms with E-state index >= 15 is 0 Å². The van der Waals surface area contributed by atoms with Crippen molar-refractivity contribution in [1.82, 2.24) is 4.90 Å². The summed E-state index contributed by atoms with van der Waals surface area (Å²) in [5.41, 5.74) is 2.86. The number of aryl methyl sites for hydroxylation is 1. The van der Waals surface area contributed by atoms with Gasteiger partial charge >= 0.3 is 6.09 Å². The lowest BCUT2D eigenvalue weighted by Gasteiger charge is -2.35. The minimum Gasteiger partial charge on any atom is -0.465 e. The number of halogens is 1. The Hall–Kier alpha value is -1.85. The van der Waals surface area contributed by atoms with Crippen molar-refractivity contribution in [2.24, 2.45) is 0 Å². The monoisotopic (exact) mass is 335 g/mol. The fourth-order valence-electron chi connectivity index (χ4n) is 2.98. The van der Waals surface area contributed by atoms with Gasteiger partial charge < -0.3 is 5.11 Å². The van der Waals surface area contributed by atoms with Crippen molar-refractivity contribution in [2.45, 2.75) is 19.4 Å². The van der Waals surface area contributed by atoms with E-state index in [2.05, 4.69) is 0 Å². The molecular formula is C16H14ClNO3S. The molecule has 1 amide bonds. The van der Waals surface area contributed by atoms with Crippen molar-refractivity contribution in [1.29, 1.82) is 0 Å². The highest BCUT2D eigenvalue weighted by atomic mass is 35.5. The Labute approximate surface area is 136 Å². The molecule has 1 aromatic carbocycles. The molecule has 0 aliphatic carbocycles. The van der Waals surface area contributed by atoms with Gasteiger partial charge in [-0.15, -0.1) is 11.3 Å². The van der Waals surface area contributed by atoms with Crippen LogP contribution in [0.3, 0.4) is 0 Å². The summed E-state index contributed by atoms with van der Waals surface area (Å²) in [6.07, 6.45) is 0.501. The molecular weight excluding hydrogens is 322 g/mol. The number of carbonyl (C=O) groups excluding carboxylic acids is 1. The van der Waals surface area contributed by atoms with Crippen molar-refractivity contribution in [3.8, 4) is 0 Å². The number of aldehydes is 1. The molecule has 1 aliphatic rings. The van der Waals surface area contributed by atoms with Gasteiger partial charge in [0.1, 0.15) is 0 Å². The number of hydrogen-bond acceptors (Lipinski definition) is 3. The Morgan fingerprint density at radius 1 is 1.41 bits per heavy atom. The summed E-state index contributed by atoms with van der Waals surface area (Å²) >= 11 is 7.49. The molecule has 1 aromatic heterocycles. The van der Waals surface area contributed by atoms with Gasteiger partial charge in [0, 0.05) is 16.4 Å². The van der Waals surface area contributed by atoms with Gasteiger partial charge in [-0.1, -0.05) is 17.7 Å². The molecule has 0 saturated carbocycles. The fourth-order valence-corrected chi connectivity index (χ4v) is 4.03. The standard InChI is InChI=1S/C16H14ClNO3S/c1-9-13(7-12(8-19)22-9)15-14-6-11(17)3-2-10(14)4-5-18(15)16(20)21/h2-3,6-8,15H,4-5H2,1H3,(H,20,21)/t15-/m0/s1. The van der Waals surface area contributed by atoms with Gasteiger partial charge in [0.05, 0.1) is 10.9 Å². The molecule has 1 atom stereocenters. The highest BCUT2D eigenvalue weighted by Gasteiger charge is 2.33. The summed E-state index contributed by atoms with van der Waals surface area (Å²) in [7, 11) is 0. The molecule has 1 aliphatic heterocycles. The Morgan fingerprint density at radius 3 is 2.82 bits per heavy atom. The lowest BCUT2D eigenvalue weighted by Crippen LogP contribution is -2.39. The van der Waals surface area contributed by atoms with Crippen LogP contribution in [0.2, 0.25) is 5.02 Å². The molecule has 0 saturated heterocycles. The van der Waals surface area contributed by atoms with E-state index in [0.717, 1.165) is 27.9 Å². The number of carboxylic acid groups (broad SMARTS) is 1. The molecule has 6 heteroatoms. The molecule has 2 heterocycles. The Morgan fingerprint density at radius 2 is 2.18 bits per heavy atom. The highest BCUT2D eigenvalue weighted by Crippen LogP contribution is 2.40. The van der Waals surface area contributed by atoms with Crippen LogP contribution in [0.4, 0.5) is 4.79 Å². The topological polar surface area (TPSA) is 57.6 Å². The maximum atomic E-state index is 11.6. The molecule has 0 bridgehead atoms. The van der Waals surface area contributed by atoms with E-state index in [1.165, 1.54) is 16.2 Å². The Balaban J connectivity index is 2.19. The van der Waals surface area contributed by atoms with E-state index in [1.54, 1.807) is 6.07 Å². The first-order chi connectivity index (χ1) is 10.5. The second-order valence-electron chi connectivity index (χ2n) is 5.25. The van der Waals surface area contributed by atoms with Crippen molar-refractivity contribution >= 4 is 35.3 Å². The lowest BCUT2D eigenvalue weighted by atomic mass is 9.88. The Bertz CT molecular complexity index is 756. The molecule has 0 spiro atoms. The minimum absolute atomic E-state index is 0.412. The summed E-state index contributed by atoms with van der Waals surface area (Å²) in [5, 5.41) is 10.1. The zero-order valence-electron chi connectivity index (χ0n) is 11.9. The molecule has 2 aromatic rings. The fraction of sp³-hybridized carbons (Fsp3) is 0.250. The SMILES string of the molecule is Cc1sc(C=O)cc1[C@H]1c2cc(Cl)ccc2CCN1C(=O)O. The summed E-state index contributed by atoms with van der Waals surface area (Å²) in [6.45, 7) is 2.34. The molecule has 22 heavy (non-hydrogen) atoms. The smallest absolute Gasteiger partial charge is 0.408 e. The van der Waals surface area contributed by atoms with E-state index in [1.807, 2.05) is 25.1 Å². The number of thiophene rings is 1. The third-order valence-electron chi connectivity index (χ3n) is 3.97. The third-order valence-corrected chi connectivity index (χ3v) is 5.19. The highest BCUT2D eigenvalue weighted by molar-refractivity contribution is 7.13. The normalized spacial score (nSPS) is 17.2. The predicted octanol–water partition coefficient (Wildman–Crippen LogP) is 4.15. The van der Waals surface area contributed by atoms with Crippen molar-refractivity contribution in [3.63, 3.8) is 0 Å². The number of amides is 1. The van der Waals surface area contributed by atoms with Crippen LogP contribution >= 0.6 is 22.9 Å². The first-order valence-corrected chi connectivity index (χ1v) is 8.04. The molecule has 3 rings (SSSR count). The first-order valence-electron chi connectivity index (χ1n) is 6.84. The number of rotatable bonds is 2. The van der Waals surface area contributed by atoms with Crippen LogP contribution < -0.4 is 0 Å². The largest absolute Gasteiger partial charge is 0.465 e. The van der Waals surface area contributed by atoms with E-state index in [-0.39, 0.29) is 0 Å². The third kappa shape index (κ3) is 2.51. The average Bonchev–Trinajstić information content (AvgIpc) is 2.86. The minimum atomic E-state index is -0.964. The van der Waals surface area contributed by atoms with Crippen molar-refractivity contribution in [3.05, 3.63) is 55.7 Å². The van der Waals surface area contributed by atoms with Crippen LogP contribution in [0.25, 0.3) is 0 Å². The molecule has 114 valence electrons. The van der Waals surface area contributed by atoms with Gasteiger partial charge in [0.2, 0.25) is 0 Å². The average molecular weight is 336 g/mol. The second-order valence-corrected chi connectivity index (χ2v) is 6.97. The summed E-state index contributed by atoms with van der Waals surface area (Å²) in [4.78, 5) is 25.6. The van der Waals surface area contributed by atoms with E-state index in [0.29, 0.717) is 22.9 Å². The molecule has 0 unspecified atom stereocenters. The van der Waals surface area contributed by atoms with Crippen molar-refractivity contribution in [2.75, 3.05) is 6.54 Å². The van der Waals surface area contributed by atoms with Gasteiger partial charge in [-0.05, 0) is 48.2 Å². The van der Waals surface area contributed by atoms with Crippen LogP contribution in [0.15, 0.2) is 24.3 Å². The van der Waals surface area contributed by atoms with Gasteiger partial charge in [0.15, 0.2) is 6.29 Å². The number of hydrogen-bond donors (Lipinski definition) is 1. The van der Waals surface area contributed by atoms with E-state index in [9.17, 15) is 14.7 Å². The Kier molecular flexibility index (Phi) is 3.93. The molecule has 1 N–H and O–H groups in total. The lowest BCUT2D eigenvalue weighted by molar-refractivity contribution is 0.112. The maximum absolute atomic E-state index is 11.6. The number of nitrogens with zero attached hydrogens (tertiary/aromatic N) is 1. The zero-order chi connectivity index (χ0) is 15.9. The summed E-state index contributed by atoms with van der Waals surface area (Å²) < 4.78 is 0. The first kappa shape index (κ1) is 15.1. The second kappa shape index (κ2) is 5.74. The van der Waals surface area contributed by atoms with Crippen LogP contribution in [-0.2, 0) is 6.42 Å². The van der Waals surface area contributed by atoms with Crippen LogP contribution in [0.5, 0.6) is 0 Å². The van der Waals surface area contributed by atoms with E-state index < -0.39 is 12.1 Å². The van der Waals surface area contributed by atoms with Crippen LogP contribution in [0, 0.1) is 6.92 Å². The van der Waals surface area contributed by atoms with Gasteiger partial charge in [-0.25, -0.2) is 4.79 Å². The maximum Gasteiger partial charge on any atom is 0.408 e. The molecule has 0 fully saturated rings. The number of carbonyl (C=O) groups is 2. The summed E-state index contributed by atoms with van der Waals surface area (Å²) in [5.74, 6) is 0. The zero-order valence-corrected chi connectivity index (χ0v) is 13.4. The summed E-state index contributed by atoms with van der Waals surface area (Å²) in [6, 6.07) is 6.97. The van der Waals surface area contributed by atoms with Gasteiger partial charge in [0.25, 0.3) is 0 Å². The van der Waals surface area contributed by atoms with Crippen LogP contribution in [-0.4, -0.2) is 28.9 Å². The van der Waals surface area contributed by atoms with Crippen molar-refractivity contribution < 1.29 is 14.7 Å². The van der Waals surface area contributed by atoms with E-state index in [4.69, 9.17) is 11.6 Å². The quantitative estimate of drug-likeness (QED) is 0.839. The van der Waals surface area contributed by atoms with Gasteiger partial charge in [-0.2, -0.15) is 0 Å². The predicted molar refractivity (Wildman–Crippen MR) is 86.2 cm³/mol. The van der Waals surface area contributed by atoms with Gasteiger partial charge in [-0.3, -0.25) is 9.69 Å². The molecule has 4 nitrogen and oxygen atoms in total.